The Morgan fingerprint density at radius 3 is 2.52 bits per heavy atom. The van der Waals surface area contributed by atoms with Gasteiger partial charge >= 0.3 is 6.03 Å². The highest BCUT2D eigenvalue weighted by Crippen LogP contribution is 2.27. The van der Waals surface area contributed by atoms with E-state index in [-0.39, 0.29) is 17.9 Å². The zero-order valence-electron chi connectivity index (χ0n) is 17.9. The first-order valence-corrected chi connectivity index (χ1v) is 10.9. The van der Waals surface area contributed by atoms with Gasteiger partial charge < -0.3 is 21.7 Å². The van der Waals surface area contributed by atoms with E-state index in [9.17, 15) is 9.59 Å². The molecule has 0 aliphatic heterocycles. The quantitative estimate of drug-likeness (QED) is 0.501. The lowest BCUT2D eigenvalue weighted by Crippen LogP contribution is -2.53. The third-order valence-electron chi connectivity index (χ3n) is 5.20. The maximum Gasteiger partial charge on any atom is 0.315 e. The summed E-state index contributed by atoms with van der Waals surface area (Å²) < 4.78 is 1.09. The summed E-state index contributed by atoms with van der Waals surface area (Å²) in [4.78, 5) is 29.4. The van der Waals surface area contributed by atoms with Crippen molar-refractivity contribution in [3.05, 3.63) is 28.8 Å². The lowest BCUT2D eigenvalue weighted by atomic mass is 9.99. The van der Waals surface area contributed by atoms with Crippen LogP contribution >= 0.6 is 11.3 Å². The number of nitrogens with two attached hydrogens (primary N) is 1. The number of hydrogen-bond acceptors (Lipinski definition) is 5. The van der Waals surface area contributed by atoms with E-state index < -0.39 is 12.1 Å². The van der Waals surface area contributed by atoms with E-state index in [0.29, 0.717) is 18.9 Å². The number of nitrogens with one attached hydrogen (secondary N) is 3. The van der Waals surface area contributed by atoms with Gasteiger partial charge in [0.2, 0.25) is 5.91 Å². The van der Waals surface area contributed by atoms with Gasteiger partial charge in [0.1, 0.15) is 6.04 Å². The van der Waals surface area contributed by atoms with Crippen molar-refractivity contribution in [2.45, 2.75) is 58.5 Å². The van der Waals surface area contributed by atoms with Crippen LogP contribution in [0.25, 0.3) is 10.2 Å². The lowest BCUT2D eigenvalue weighted by Gasteiger charge is -2.24. The largest absolute Gasteiger partial charge is 0.352 e. The second-order valence-corrected chi connectivity index (χ2v) is 8.94. The van der Waals surface area contributed by atoms with Gasteiger partial charge in [0.15, 0.2) is 0 Å². The Labute approximate surface area is 176 Å². The van der Waals surface area contributed by atoms with E-state index >= 15 is 0 Å². The van der Waals surface area contributed by atoms with Crippen molar-refractivity contribution >= 4 is 33.5 Å². The number of rotatable bonds is 9. The van der Waals surface area contributed by atoms with E-state index in [1.54, 1.807) is 11.3 Å². The Kier molecular flexibility index (Phi) is 8.40. The van der Waals surface area contributed by atoms with E-state index in [0.717, 1.165) is 21.6 Å². The fourth-order valence-electron chi connectivity index (χ4n) is 3.03. The third kappa shape index (κ3) is 6.40. The van der Waals surface area contributed by atoms with Crippen molar-refractivity contribution < 1.29 is 9.59 Å². The Bertz CT molecular complexity index is 836. The van der Waals surface area contributed by atoms with Gasteiger partial charge in [-0.3, -0.25) is 4.79 Å². The number of amides is 3. The summed E-state index contributed by atoms with van der Waals surface area (Å²) in [6.45, 7) is 8.90. The average Bonchev–Trinajstić information content (AvgIpc) is 3.08. The van der Waals surface area contributed by atoms with Crippen molar-refractivity contribution in [3.8, 4) is 0 Å². The van der Waals surface area contributed by atoms with Crippen LogP contribution in [0.4, 0.5) is 4.79 Å². The van der Waals surface area contributed by atoms with Crippen LogP contribution < -0.4 is 21.7 Å². The van der Waals surface area contributed by atoms with Gasteiger partial charge in [-0.15, -0.1) is 11.3 Å². The number of fused-ring (bicyclic) bond motifs is 1. The molecule has 2 rings (SSSR count). The summed E-state index contributed by atoms with van der Waals surface area (Å²) in [5, 5.41) is 9.09. The first-order valence-electron chi connectivity index (χ1n) is 10.1. The standard InChI is InChI=1S/C21H33N5O2S/c1-12(2)15-6-7-16-18(10-15)29-19(25-16)11-17(26-21(28)23-5)20(27)24-14(4)13(3)8-9-22/h6-7,10,12-14,17H,8-9,11,22H2,1-5H3,(H,24,27)(H2,23,26,28)/t13-,14-,17-/m0/s1. The Balaban J connectivity index is 2.18. The van der Waals surface area contributed by atoms with Crippen molar-refractivity contribution in [2.75, 3.05) is 13.6 Å². The average molecular weight is 420 g/mol. The minimum Gasteiger partial charge on any atom is -0.352 e. The molecule has 5 N–H and O–H groups in total. The monoisotopic (exact) mass is 419 g/mol. The molecule has 0 spiro atoms. The molecule has 0 saturated carbocycles. The molecule has 3 atom stereocenters. The number of carbonyl (C=O) groups is 2. The van der Waals surface area contributed by atoms with Gasteiger partial charge in [-0.1, -0.05) is 26.8 Å². The molecule has 0 unspecified atom stereocenters. The van der Waals surface area contributed by atoms with Crippen LogP contribution in [0.15, 0.2) is 18.2 Å². The minimum absolute atomic E-state index is 0.0380. The van der Waals surface area contributed by atoms with E-state index in [2.05, 4.69) is 53.8 Å². The molecule has 29 heavy (non-hydrogen) atoms. The SMILES string of the molecule is CNC(=O)N[C@@H](Cc1nc2ccc(C(C)C)cc2s1)C(=O)N[C@@H](C)[C@@H](C)CCN. The topological polar surface area (TPSA) is 109 Å². The lowest BCUT2D eigenvalue weighted by molar-refractivity contribution is -0.123. The Morgan fingerprint density at radius 1 is 1.17 bits per heavy atom. The predicted molar refractivity (Wildman–Crippen MR) is 119 cm³/mol. The highest BCUT2D eigenvalue weighted by molar-refractivity contribution is 7.18. The zero-order valence-corrected chi connectivity index (χ0v) is 18.7. The highest BCUT2D eigenvalue weighted by Gasteiger charge is 2.25. The molecule has 1 aromatic carbocycles. The molecule has 0 radical (unpaired) electrons. The molecule has 160 valence electrons. The fraction of sp³-hybridized carbons (Fsp3) is 0.571. The predicted octanol–water partition coefficient (Wildman–Crippen LogP) is 2.75. The third-order valence-corrected chi connectivity index (χ3v) is 6.24. The molecule has 0 aliphatic carbocycles. The minimum atomic E-state index is -0.701. The first-order chi connectivity index (χ1) is 13.7. The number of thiazole rings is 1. The van der Waals surface area contributed by atoms with Gasteiger partial charge in [0.25, 0.3) is 0 Å². The number of urea groups is 1. The molecule has 1 aromatic heterocycles. The van der Waals surface area contributed by atoms with Crippen LogP contribution in [-0.4, -0.2) is 42.6 Å². The van der Waals surface area contributed by atoms with Gasteiger partial charge in [-0.25, -0.2) is 9.78 Å². The van der Waals surface area contributed by atoms with Gasteiger partial charge in [-0.2, -0.15) is 0 Å². The molecular formula is C21H33N5O2S. The number of carbonyl (C=O) groups excluding carboxylic acids is 2. The molecule has 0 bridgehead atoms. The summed E-state index contributed by atoms with van der Waals surface area (Å²) in [7, 11) is 1.53. The van der Waals surface area contributed by atoms with Crippen molar-refractivity contribution in [3.63, 3.8) is 0 Å². The Hall–Kier alpha value is -2.19. The molecule has 0 saturated heterocycles. The van der Waals surface area contributed by atoms with Crippen molar-refractivity contribution in [2.24, 2.45) is 11.7 Å². The normalized spacial score (nSPS) is 14.4. The molecular weight excluding hydrogens is 386 g/mol. The molecule has 7 nitrogen and oxygen atoms in total. The summed E-state index contributed by atoms with van der Waals surface area (Å²) in [5.41, 5.74) is 7.80. The number of benzene rings is 1. The van der Waals surface area contributed by atoms with Crippen LogP contribution in [-0.2, 0) is 11.2 Å². The molecule has 1 heterocycles. The van der Waals surface area contributed by atoms with Crippen molar-refractivity contribution in [1.82, 2.24) is 20.9 Å². The summed E-state index contributed by atoms with van der Waals surface area (Å²) >= 11 is 1.56. The Morgan fingerprint density at radius 2 is 1.90 bits per heavy atom. The maximum atomic E-state index is 12.9. The second-order valence-electron chi connectivity index (χ2n) is 7.82. The number of aromatic nitrogens is 1. The van der Waals surface area contributed by atoms with E-state index in [1.165, 1.54) is 12.6 Å². The van der Waals surface area contributed by atoms with Crippen LogP contribution in [0.3, 0.4) is 0 Å². The van der Waals surface area contributed by atoms with E-state index in [1.807, 2.05) is 13.0 Å². The first kappa shape index (κ1) is 23.1. The summed E-state index contributed by atoms with van der Waals surface area (Å²) in [6, 6.07) is 5.12. The van der Waals surface area contributed by atoms with Gasteiger partial charge in [0, 0.05) is 19.5 Å². The summed E-state index contributed by atoms with van der Waals surface area (Å²) in [5.74, 6) is 0.476. The highest BCUT2D eigenvalue weighted by atomic mass is 32.1. The van der Waals surface area contributed by atoms with Gasteiger partial charge in [-0.05, 0) is 49.4 Å². The van der Waals surface area contributed by atoms with Crippen LogP contribution in [0.5, 0.6) is 0 Å². The molecule has 2 aromatic rings. The summed E-state index contributed by atoms with van der Waals surface area (Å²) in [6.07, 6.45) is 1.17. The number of hydrogen-bond donors (Lipinski definition) is 4. The smallest absolute Gasteiger partial charge is 0.315 e. The van der Waals surface area contributed by atoms with Gasteiger partial charge in [0.05, 0.1) is 15.2 Å². The fourth-order valence-corrected chi connectivity index (χ4v) is 4.09. The molecule has 0 aliphatic rings. The second kappa shape index (κ2) is 10.5. The zero-order chi connectivity index (χ0) is 21.6. The molecule has 8 heteroatoms. The molecule has 3 amide bonds. The van der Waals surface area contributed by atoms with Crippen LogP contribution in [0, 0.1) is 5.92 Å². The molecule has 0 fully saturated rings. The van der Waals surface area contributed by atoms with Crippen LogP contribution in [0.1, 0.15) is 50.6 Å². The van der Waals surface area contributed by atoms with E-state index in [4.69, 9.17) is 5.73 Å². The number of nitrogens with zero attached hydrogens (tertiary/aromatic N) is 1. The van der Waals surface area contributed by atoms with Crippen LogP contribution in [0.2, 0.25) is 0 Å². The van der Waals surface area contributed by atoms with Crippen molar-refractivity contribution in [1.29, 1.82) is 0 Å². The maximum absolute atomic E-state index is 12.9.